The van der Waals surface area contributed by atoms with E-state index in [9.17, 15) is 0 Å². The zero-order chi connectivity index (χ0) is 63.6. The molecule has 1 aliphatic rings. The second kappa shape index (κ2) is 24.4. The van der Waals surface area contributed by atoms with Crippen LogP contribution in [0, 0.1) is 18.8 Å². The molecular formula is C80H79N4OPt-3. The standard InChI is InChI=1S/C80H79N4O.Pt/c1-12-14-24-54-36-41-71-70(44-54)76-59(25-15-13-2)49-67(52-74(76)84(71)75-50-63(42-43-81-75)79(6,7)8)85-66-31-22-30-65(51-66)82-53-83(73-35-20-19-34-72(73)82)77-68(58-29-21-28-57(45-58)56-37-39-62(40-38-56)78(3,4)5)32-23-33-69(77)61-46-60(55-26-17-16-18-27-55)47-64(48-61)80(9,10)11;/h16-23,26-50,53H,12-15,24-25H2,1-11H3;/q-3;/i16D,17D,18D,26D,27D;. The molecule has 1 aliphatic heterocycles. The van der Waals surface area contributed by atoms with Gasteiger partial charge in [0.25, 0.3) is 0 Å². The van der Waals surface area contributed by atoms with Crippen LogP contribution in [0.25, 0.3) is 72.1 Å². The Morgan fingerprint density at radius 1 is 0.523 bits per heavy atom. The number of pyridine rings is 1. The molecule has 3 heterocycles. The molecule has 0 aliphatic carbocycles. The summed E-state index contributed by atoms with van der Waals surface area (Å²) in [6.07, 6.45) is 8.14. The van der Waals surface area contributed by atoms with Crippen molar-refractivity contribution in [3.8, 4) is 61.8 Å². The van der Waals surface area contributed by atoms with Gasteiger partial charge < -0.3 is 19.1 Å². The molecule has 0 spiro atoms. The van der Waals surface area contributed by atoms with E-state index in [0.717, 1.165) is 117 Å². The fourth-order valence-electron chi connectivity index (χ4n) is 11.9. The number of fused-ring (bicyclic) bond motifs is 4. The fourth-order valence-corrected chi connectivity index (χ4v) is 11.9. The zero-order valence-corrected chi connectivity index (χ0v) is 53.8. The van der Waals surface area contributed by atoms with E-state index in [4.69, 9.17) is 16.6 Å². The number of rotatable bonds is 15. The van der Waals surface area contributed by atoms with E-state index in [2.05, 4.69) is 249 Å². The van der Waals surface area contributed by atoms with Crippen molar-refractivity contribution in [3.63, 3.8) is 0 Å². The Morgan fingerprint density at radius 3 is 1.90 bits per heavy atom. The van der Waals surface area contributed by atoms with E-state index >= 15 is 0 Å². The van der Waals surface area contributed by atoms with Crippen LogP contribution in [0.15, 0.2) is 200 Å². The van der Waals surface area contributed by atoms with Crippen molar-refractivity contribution in [2.24, 2.45) is 0 Å². The first-order valence-corrected chi connectivity index (χ1v) is 30.3. The largest absolute Gasteiger partial charge is 0.509 e. The van der Waals surface area contributed by atoms with Gasteiger partial charge in [0.15, 0.2) is 0 Å². The van der Waals surface area contributed by atoms with E-state index in [1.165, 1.54) is 33.0 Å². The second-order valence-corrected chi connectivity index (χ2v) is 25.9. The number of anilines is 4. The third-order valence-electron chi connectivity index (χ3n) is 16.7. The summed E-state index contributed by atoms with van der Waals surface area (Å²) in [5.41, 5.74) is 17.7. The van der Waals surface area contributed by atoms with Crippen molar-refractivity contribution >= 4 is 44.6 Å². The molecule has 438 valence electrons. The van der Waals surface area contributed by atoms with Crippen molar-refractivity contribution in [2.45, 2.75) is 131 Å². The quantitative estimate of drug-likeness (QED) is 0.0958. The molecule has 12 rings (SSSR count). The van der Waals surface area contributed by atoms with Crippen LogP contribution in [0.4, 0.5) is 22.7 Å². The van der Waals surface area contributed by atoms with Gasteiger partial charge in [-0.1, -0.05) is 234 Å². The van der Waals surface area contributed by atoms with E-state index in [0.29, 0.717) is 17.1 Å². The molecule has 11 aromatic rings. The topological polar surface area (TPSA) is 33.5 Å². The number of aromatic nitrogens is 2. The maximum atomic E-state index is 9.16. The van der Waals surface area contributed by atoms with Gasteiger partial charge in [-0.3, -0.25) is 0 Å². The first-order valence-electron chi connectivity index (χ1n) is 32.8. The summed E-state index contributed by atoms with van der Waals surface area (Å²) in [6.45, 7) is 26.5. The average molecular weight is 1310 g/mol. The van der Waals surface area contributed by atoms with E-state index in [1.54, 1.807) is 0 Å². The summed E-state index contributed by atoms with van der Waals surface area (Å²) in [4.78, 5) is 9.47. The van der Waals surface area contributed by atoms with Crippen LogP contribution in [-0.2, 0) is 50.2 Å². The van der Waals surface area contributed by atoms with Gasteiger partial charge in [0, 0.05) is 72.5 Å². The number of benzene rings is 9. The minimum atomic E-state index is -0.423. The third kappa shape index (κ3) is 12.1. The van der Waals surface area contributed by atoms with E-state index in [-0.39, 0.29) is 67.0 Å². The monoisotopic (exact) mass is 1310 g/mol. The minimum absolute atomic E-state index is 0. The summed E-state index contributed by atoms with van der Waals surface area (Å²) >= 11 is 0. The van der Waals surface area contributed by atoms with Gasteiger partial charge in [-0.2, -0.15) is 6.07 Å². The molecule has 0 N–H and O–H groups in total. The molecule has 0 saturated heterocycles. The van der Waals surface area contributed by atoms with Crippen LogP contribution in [0.3, 0.4) is 0 Å². The maximum Gasteiger partial charge on any atom is 0.135 e. The van der Waals surface area contributed by atoms with Gasteiger partial charge >= 0.3 is 0 Å². The summed E-state index contributed by atoms with van der Waals surface area (Å²) in [7, 11) is 0. The molecular weight excluding hydrogens is 1230 g/mol. The number of para-hydroxylation sites is 3. The zero-order valence-electron chi connectivity index (χ0n) is 56.5. The Kier molecular flexibility index (Phi) is 15.2. The van der Waals surface area contributed by atoms with Crippen molar-refractivity contribution in [1.29, 1.82) is 0 Å². The van der Waals surface area contributed by atoms with Gasteiger partial charge in [-0.25, -0.2) is 4.98 Å². The smallest absolute Gasteiger partial charge is 0.135 e. The van der Waals surface area contributed by atoms with Gasteiger partial charge in [-0.05, 0) is 139 Å². The van der Waals surface area contributed by atoms with Crippen molar-refractivity contribution in [2.75, 3.05) is 9.80 Å². The molecule has 0 unspecified atom stereocenters. The van der Waals surface area contributed by atoms with E-state index < -0.39 is 6.04 Å². The molecule has 0 radical (unpaired) electrons. The molecule has 0 fully saturated rings. The first-order chi connectivity index (χ1) is 43.0. The predicted molar refractivity (Wildman–Crippen MR) is 359 cm³/mol. The van der Waals surface area contributed by atoms with Crippen LogP contribution in [0.2, 0.25) is 0 Å². The van der Waals surface area contributed by atoms with E-state index in [1.807, 2.05) is 30.5 Å². The molecule has 0 amide bonds. The van der Waals surface area contributed by atoms with Gasteiger partial charge in [0.05, 0.1) is 6.85 Å². The number of aryl methyl sites for hydroxylation is 2. The number of unbranched alkanes of at least 4 members (excludes halogenated alkanes) is 2. The Labute approximate surface area is 533 Å². The van der Waals surface area contributed by atoms with Gasteiger partial charge in [0.2, 0.25) is 0 Å². The Bertz CT molecular complexity index is 4520. The van der Waals surface area contributed by atoms with Gasteiger partial charge in [0.1, 0.15) is 5.82 Å². The average Bonchev–Trinajstić information content (AvgIpc) is 1.74. The molecule has 0 atom stereocenters. The van der Waals surface area contributed by atoms with Crippen LogP contribution >= 0.6 is 0 Å². The Morgan fingerprint density at radius 2 is 1.17 bits per heavy atom. The van der Waals surface area contributed by atoms with Crippen LogP contribution in [0.5, 0.6) is 11.5 Å². The Balaban J connectivity index is 0.00000850. The molecule has 0 bridgehead atoms. The number of nitrogens with zero attached hydrogens (tertiary/aromatic N) is 4. The molecule has 2 aromatic heterocycles. The van der Waals surface area contributed by atoms with Crippen molar-refractivity contribution in [3.05, 3.63) is 247 Å². The number of hydrogen-bond acceptors (Lipinski definition) is 4. The third-order valence-corrected chi connectivity index (χ3v) is 16.7. The summed E-state index contributed by atoms with van der Waals surface area (Å²) in [6, 6.07) is 63.9. The van der Waals surface area contributed by atoms with Crippen LogP contribution in [-0.4, -0.2) is 9.55 Å². The molecule has 5 nitrogen and oxygen atoms in total. The minimum Gasteiger partial charge on any atom is -0.509 e. The van der Waals surface area contributed by atoms with Crippen molar-refractivity contribution in [1.82, 2.24) is 9.55 Å². The van der Waals surface area contributed by atoms with Crippen LogP contribution < -0.4 is 14.5 Å². The Hall–Kier alpha value is -7.98. The second-order valence-electron chi connectivity index (χ2n) is 25.9. The normalized spacial score (nSPS) is 13.5. The number of hydrogen-bond donors (Lipinski definition) is 0. The SMILES string of the molecule is [2H]c1c([2H])c([2H])c(-c2cc(-c3cccc(-c4cccc(-c5ccc(C(C)(C)C)cc5)c4)c3N3[CH-]N(c4[c-]c(Oc5[c-]c6c(c(CCCC)c5)c5cc(CCCC)ccc5n6-c5cc(C(C)(C)C)ccn5)ccc4)c4ccccc43)cc(C(C)(C)C)c2)c([2H])c1[2H].[Pt]. The van der Waals surface area contributed by atoms with Crippen molar-refractivity contribution < 1.29 is 32.7 Å². The summed E-state index contributed by atoms with van der Waals surface area (Å²) in [5.74, 6) is 1.99. The fraction of sp³-hybridized carbons (Fsp3) is 0.250. The molecule has 86 heavy (non-hydrogen) atoms. The molecule has 9 aromatic carbocycles. The number of ether oxygens (including phenoxy) is 1. The molecule has 6 heteroatoms. The first kappa shape index (κ1) is 53.5. The summed E-state index contributed by atoms with van der Waals surface area (Å²) < 4.78 is 53.5. The van der Waals surface area contributed by atoms with Crippen LogP contribution in [0.1, 0.15) is 137 Å². The summed E-state index contributed by atoms with van der Waals surface area (Å²) in [5, 5.41) is 2.39. The maximum absolute atomic E-state index is 9.16. The molecule has 0 saturated carbocycles. The van der Waals surface area contributed by atoms with Gasteiger partial charge in [-0.15, -0.1) is 48.3 Å². The predicted octanol–water partition coefficient (Wildman–Crippen LogP) is 22.2.